The van der Waals surface area contributed by atoms with E-state index in [1.54, 1.807) is 18.2 Å². The van der Waals surface area contributed by atoms with Crippen molar-refractivity contribution in [3.8, 4) is 5.75 Å². The molecule has 0 radical (unpaired) electrons. The van der Waals surface area contributed by atoms with Crippen LogP contribution in [0, 0.1) is 0 Å². The third kappa shape index (κ3) is 6.98. The predicted octanol–water partition coefficient (Wildman–Crippen LogP) is 1.53. The quantitative estimate of drug-likeness (QED) is 0.597. The fourth-order valence-electron chi connectivity index (χ4n) is 1.85. The summed E-state index contributed by atoms with van der Waals surface area (Å²) in [5.41, 5.74) is 0.440. The first-order chi connectivity index (χ1) is 10.7. The summed E-state index contributed by atoms with van der Waals surface area (Å²) in [7, 11) is 0. The number of hydrogen-bond donors (Lipinski definition) is 3. The van der Waals surface area contributed by atoms with Gasteiger partial charge in [-0.15, -0.1) is 0 Å². The molecule has 0 saturated heterocycles. The topological polar surface area (TPSA) is 78.8 Å². The van der Waals surface area contributed by atoms with Crippen LogP contribution in [0.25, 0.3) is 0 Å². The second kappa shape index (κ2) is 8.85. The number of aliphatic hydroxyl groups excluding tert-OH is 2. The monoisotopic (exact) mass is 335 g/mol. The molecule has 0 aliphatic heterocycles. The molecule has 5 nitrogen and oxygen atoms in total. The lowest BCUT2D eigenvalue weighted by atomic mass is 10.1. The molecular formula is C15H20F3NO4. The standard InChI is InChI=1S/C15H20F3NO4/c1-10(21)11-3-2-4-13(7-11)23-9-12(22)8-19-14(5-6-20)15(16,17)18/h2-4,7,12,14,19-20,22H,5-6,8-9H2,1H3. The van der Waals surface area contributed by atoms with E-state index < -0.39 is 31.3 Å². The molecule has 1 aromatic rings. The van der Waals surface area contributed by atoms with Crippen LogP contribution in [0.1, 0.15) is 23.7 Å². The number of ether oxygens (including phenoxy) is 1. The number of halogens is 3. The molecular weight excluding hydrogens is 315 g/mol. The number of benzene rings is 1. The van der Waals surface area contributed by atoms with E-state index in [-0.39, 0.29) is 18.9 Å². The highest BCUT2D eigenvalue weighted by atomic mass is 19.4. The lowest BCUT2D eigenvalue weighted by Crippen LogP contribution is -2.46. The maximum atomic E-state index is 12.6. The first kappa shape index (κ1) is 19.4. The minimum absolute atomic E-state index is 0.144. The van der Waals surface area contributed by atoms with E-state index in [0.29, 0.717) is 11.3 Å². The average molecular weight is 335 g/mol. The van der Waals surface area contributed by atoms with E-state index in [4.69, 9.17) is 9.84 Å². The molecule has 23 heavy (non-hydrogen) atoms. The van der Waals surface area contributed by atoms with Crippen LogP contribution in [0.4, 0.5) is 13.2 Å². The second-order valence-corrected chi connectivity index (χ2v) is 5.06. The van der Waals surface area contributed by atoms with E-state index in [1.165, 1.54) is 13.0 Å². The lowest BCUT2D eigenvalue weighted by molar-refractivity contribution is -0.160. The van der Waals surface area contributed by atoms with Crippen molar-refractivity contribution >= 4 is 5.78 Å². The lowest BCUT2D eigenvalue weighted by Gasteiger charge is -2.22. The molecule has 0 fully saturated rings. The van der Waals surface area contributed by atoms with Gasteiger partial charge in [-0.2, -0.15) is 13.2 Å². The number of Topliss-reactive ketones (excluding diaryl/α,β-unsaturated/α-hetero) is 1. The molecule has 0 spiro atoms. The summed E-state index contributed by atoms with van der Waals surface area (Å²) in [6.07, 6.45) is -6.16. The highest BCUT2D eigenvalue weighted by Gasteiger charge is 2.38. The largest absolute Gasteiger partial charge is 0.491 e. The fraction of sp³-hybridized carbons (Fsp3) is 0.533. The van der Waals surface area contributed by atoms with Crippen molar-refractivity contribution in [3.05, 3.63) is 29.8 Å². The van der Waals surface area contributed by atoms with Crippen molar-refractivity contribution in [2.75, 3.05) is 19.8 Å². The number of aliphatic hydroxyl groups is 2. The van der Waals surface area contributed by atoms with Crippen molar-refractivity contribution in [3.63, 3.8) is 0 Å². The van der Waals surface area contributed by atoms with Crippen molar-refractivity contribution in [1.29, 1.82) is 0 Å². The molecule has 0 bridgehead atoms. The molecule has 0 aromatic heterocycles. The van der Waals surface area contributed by atoms with Gasteiger partial charge in [0.15, 0.2) is 5.78 Å². The maximum Gasteiger partial charge on any atom is 0.403 e. The van der Waals surface area contributed by atoms with Crippen LogP contribution < -0.4 is 10.1 Å². The van der Waals surface area contributed by atoms with Crippen LogP contribution in [0.3, 0.4) is 0 Å². The molecule has 1 rings (SSSR count). The molecule has 0 saturated carbocycles. The van der Waals surface area contributed by atoms with Crippen LogP contribution in [0.5, 0.6) is 5.75 Å². The van der Waals surface area contributed by atoms with Gasteiger partial charge in [0.25, 0.3) is 0 Å². The summed E-state index contributed by atoms with van der Waals surface area (Å²) in [4.78, 5) is 11.2. The zero-order chi connectivity index (χ0) is 17.5. The number of hydrogen-bond acceptors (Lipinski definition) is 5. The molecule has 0 aliphatic rings. The number of carbonyl (C=O) groups is 1. The minimum atomic E-state index is -4.50. The summed E-state index contributed by atoms with van der Waals surface area (Å²) in [5.74, 6) is 0.203. The van der Waals surface area contributed by atoms with Gasteiger partial charge < -0.3 is 20.3 Å². The number of nitrogens with one attached hydrogen (secondary N) is 1. The highest BCUT2D eigenvalue weighted by molar-refractivity contribution is 5.94. The Balaban J connectivity index is 2.46. The van der Waals surface area contributed by atoms with Crippen LogP contribution >= 0.6 is 0 Å². The zero-order valence-electron chi connectivity index (χ0n) is 12.6. The molecule has 2 unspecified atom stereocenters. The molecule has 0 aliphatic carbocycles. The average Bonchev–Trinajstić information content (AvgIpc) is 2.48. The van der Waals surface area contributed by atoms with Crippen LogP contribution in [0.15, 0.2) is 24.3 Å². The number of rotatable bonds is 9. The predicted molar refractivity (Wildman–Crippen MR) is 77.5 cm³/mol. The van der Waals surface area contributed by atoms with Gasteiger partial charge in [0.2, 0.25) is 0 Å². The third-order valence-corrected chi connectivity index (χ3v) is 3.10. The van der Waals surface area contributed by atoms with Gasteiger partial charge in [0.05, 0.1) is 0 Å². The number of ketones is 1. The summed E-state index contributed by atoms with van der Waals surface area (Å²) in [6.45, 7) is 0.229. The van der Waals surface area contributed by atoms with Crippen molar-refractivity contribution < 1.29 is 32.9 Å². The van der Waals surface area contributed by atoms with Crippen LogP contribution in [-0.2, 0) is 0 Å². The summed E-state index contributed by atoms with van der Waals surface area (Å²) in [5, 5.41) is 20.5. The molecule has 0 heterocycles. The van der Waals surface area contributed by atoms with E-state index in [1.807, 2.05) is 0 Å². The van der Waals surface area contributed by atoms with Crippen molar-refractivity contribution in [2.24, 2.45) is 0 Å². The summed E-state index contributed by atoms with van der Waals surface area (Å²) < 4.78 is 43.1. The molecule has 1 aromatic carbocycles. The van der Waals surface area contributed by atoms with Gasteiger partial charge >= 0.3 is 6.18 Å². The zero-order valence-corrected chi connectivity index (χ0v) is 12.6. The van der Waals surface area contributed by atoms with Crippen molar-refractivity contribution in [2.45, 2.75) is 31.7 Å². The van der Waals surface area contributed by atoms with Gasteiger partial charge in [0.1, 0.15) is 24.5 Å². The molecule has 130 valence electrons. The Morgan fingerprint density at radius 2 is 2.09 bits per heavy atom. The van der Waals surface area contributed by atoms with E-state index in [0.717, 1.165) is 0 Å². The fourth-order valence-corrected chi connectivity index (χ4v) is 1.85. The molecule has 3 N–H and O–H groups in total. The van der Waals surface area contributed by atoms with Gasteiger partial charge in [-0.1, -0.05) is 12.1 Å². The summed E-state index contributed by atoms with van der Waals surface area (Å²) in [6, 6.07) is 4.40. The SMILES string of the molecule is CC(=O)c1cccc(OCC(O)CNC(CCO)C(F)(F)F)c1. The van der Waals surface area contributed by atoms with Gasteiger partial charge in [0, 0.05) is 18.7 Å². The van der Waals surface area contributed by atoms with Gasteiger partial charge in [-0.05, 0) is 25.5 Å². The first-order valence-electron chi connectivity index (χ1n) is 7.07. The Labute approximate surface area is 132 Å². The van der Waals surface area contributed by atoms with Crippen LogP contribution in [-0.4, -0.2) is 54.1 Å². The van der Waals surface area contributed by atoms with Crippen molar-refractivity contribution in [1.82, 2.24) is 5.32 Å². The molecule has 2 atom stereocenters. The van der Waals surface area contributed by atoms with E-state index in [9.17, 15) is 23.1 Å². The van der Waals surface area contributed by atoms with Crippen LogP contribution in [0.2, 0.25) is 0 Å². The van der Waals surface area contributed by atoms with E-state index >= 15 is 0 Å². The molecule has 8 heteroatoms. The Hall–Kier alpha value is -1.64. The first-order valence-corrected chi connectivity index (χ1v) is 7.07. The van der Waals surface area contributed by atoms with E-state index in [2.05, 4.69) is 5.32 Å². The third-order valence-electron chi connectivity index (χ3n) is 3.10. The minimum Gasteiger partial charge on any atom is -0.491 e. The normalized spacial score (nSPS) is 14.3. The Morgan fingerprint density at radius 1 is 1.39 bits per heavy atom. The molecule has 0 amide bonds. The maximum absolute atomic E-state index is 12.6. The Bertz CT molecular complexity index is 508. The number of alkyl halides is 3. The Kier molecular flexibility index (Phi) is 7.47. The number of carbonyl (C=O) groups excluding carboxylic acids is 1. The second-order valence-electron chi connectivity index (χ2n) is 5.06. The Morgan fingerprint density at radius 3 is 2.65 bits per heavy atom. The van der Waals surface area contributed by atoms with Gasteiger partial charge in [-0.25, -0.2) is 0 Å². The highest BCUT2D eigenvalue weighted by Crippen LogP contribution is 2.22. The smallest absolute Gasteiger partial charge is 0.403 e. The summed E-state index contributed by atoms with van der Waals surface area (Å²) >= 11 is 0. The van der Waals surface area contributed by atoms with Gasteiger partial charge in [-0.3, -0.25) is 4.79 Å².